The van der Waals surface area contributed by atoms with Gasteiger partial charge in [-0.15, -0.1) is 24.8 Å². The van der Waals surface area contributed by atoms with Crippen molar-refractivity contribution in [2.45, 2.75) is 65.0 Å². The second-order valence-corrected chi connectivity index (χ2v) is 8.79. The van der Waals surface area contributed by atoms with Crippen molar-refractivity contribution in [1.29, 1.82) is 0 Å². The van der Waals surface area contributed by atoms with Gasteiger partial charge in [-0.25, -0.2) is 9.67 Å². The number of fused-ring (bicyclic) bond motifs is 1. The minimum absolute atomic E-state index is 0. The lowest BCUT2D eigenvalue weighted by Crippen LogP contribution is -2.52. The molecule has 4 rings (SSSR count). The molecule has 8 heteroatoms. The lowest BCUT2D eigenvalue weighted by Gasteiger charge is -2.34. The van der Waals surface area contributed by atoms with Crippen LogP contribution in [0, 0.1) is 6.92 Å². The first kappa shape index (κ1) is 22.9. The fourth-order valence-electron chi connectivity index (χ4n) is 3.83. The molecule has 1 amide bonds. The molecule has 3 heterocycles. The molecule has 1 aliphatic heterocycles. The number of halogens is 2. The van der Waals surface area contributed by atoms with Crippen molar-refractivity contribution in [3.63, 3.8) is 0 Å². The first-order valence-corrected chi connectivity index (χ1v) is 9.70. The predicted octanol–water partition coefficient (Wildman–Crippen LogP) is 3.65. The first-order valence-electron chi connectivity index (χ1n) is 9.70. The maximum Gasteiger partial charge on any atom is 0.255 e. The van der Waals surface area contributed by atoms with E-state index in [0.29, 0.717) is 5.92 Å². The summed E-state index contributed by atoms with van der Waals surface area (Å²) in [4.78, 5) is 20.4. The highest BCUT2D eigenvalue weighted by atomic mass is 35.5. The Morgan fingerprint density at radius 1 is 1.25 bits per heavy atom. The number of nitrogens with zero attached hydrogens (tertiary/aromatic N) is 4. The summed E-state index contributed by atoms with van der Waals surface area (Å²) in [6.45, 7) is 12.9. The van der Waals surface area contributed by atoms with Gasteiger partial charge >= 0.3 is 0 Å². The Morgan fingerprint density at radius 3 is 2.50 bits per heavy atom. The van der Waals surface area contributed by atoms with Gasteiger partial charge in [-0.3, -0.25) is 4.79 Å². The van der Waals surface area contributed by atoms with Crippen molar-refractivity contribution in [3.8, 4) is 0 Å². The van der Waals surface area contributed by atoms with Crippen molar-refractivity contribution in [1.82, 2.24) is 25.0 Å². The number of aryl methyl sites for hydroxylation is 1. The van der Waals surface area contributed by atoms with Crippen molar-refractivity contribution in [2.24, 2.45) is 0 Å². The lowest BCUT2D eigenvalue weighted by molar-refractivity contribution is 0.0657. The third kappa shape index (κ3) is 4.00. The third-order valence-electron chi connectivity index (χ3n) is 5.46. The molecule has 2 aliphatic rings. The topological polar surface area (TPSA) is 63.1 Å². The van der Waals surface area contributed by atoms with Gasteiger partial charge in [0.2, 0.25) is 0 Å². The normalized spacial score (nSPS) is 19.9. The predicted molar refractivity (Wildman–Crippen MR) is 117 cm³/mol. The molecule has 1 N–H and O–H groups in total. The molecular weight excluding hydrogens is 397 g/mol. The maximum atomic E-state index is 13.5. The van der Waals surface area contributed by atoms with Crippen LogP contribution in [0.5, 0.6) is 0 Å². The highest BCUT2D eigenvalue weighted by Crippen LogP contribution is 2.41. The fraction of sp³-hybridized carbons (Fsp3) is 0.650. The Bertz CT molecular complexity index is 870. The molecule has 156 valence electrons. The second kappa shape index (κ2) is 8.17. The number of aromatic nitrogens is 3. The standard InChI is InChI=1S/C20H29N5O.2ClH/c1-12-11-21-8-9-24(12)19(26)15-10-16(14-6-7-14)22-18-17(15)13(2)23-25(18)20(3,4)5;;/h10,12,14,21H,6-9,11H2,1-5H3;2*1H. The summed E-state index contributed by atoms with van der Waals surface area (Å²) in [6.07, 6.45) is 2.33. The van der Waals surface area contributed by atoms with Gasteiger partial charge in [0, 0.05) is 37.3 Å². The minimum atomic E-state index is -0.176. The summed E-state index contributed by atoms with van der Waals surface area (Å²) in [6, 6.07) is 2.24. The van der Waals surface area contributed by atoms with Crippen LogP contribution in [0.4, 0.5) is 0 Å². The Labute approximate surface area is 179 Å². The molecule has 0 spiro atoms. The monoisotopic (exact) mass is 427 g/mol. The summed E-state index contributed by atoms with van der Waals surface area (Å²) < 4.78 is 1.99. The first-order chi connectivity index (χ1) is 12.3. The van der Waals surface area contributed by atoms with E-state index in [9.17, 15) is 4.79 Å². The SMILES string of the molecule is Cc1nn(C(C)(C)C)c2nc(C3CC3)cc(C(=O)N3CCNCC3C)c12.Cl.Cl. The number of piperazine rings is 1. The van der Waals surface area contributed by atoms with Crippen LogP contribution < -0.4 is 5.32 Å². The Balaban J connectivity index is 0.00000140. The maximum absolute atomic E-state index is 13.5. The van der Waals surface area contributed by atoms with E-state index in [1.807, 2.05) is 22.6 Å². The van der Waals surface area contributed by atoms with E-state index >= 15 is 0 Å². The molecule has 0 aromatic carbocycles. The summed E-state index contributed by atoms with van der Waals surface area (Å²) in [5.74, 6) is 0.611. The van der Waals surface area contributed by atoms with Crippen LogP contribution in [-0.4, -0.2) is 51.2 Å². The number of carbonyl (C=O) groups excluding carboxylic acids is 1. The number of hydrogen-bond acceptors (Lipinski definition) is 4. The molecule has 1 saturated heterocycles. The number of amides is 1. The van der Waals surface area contributed by atoms with Crippen LogP contribution >= 0.6 is 24.8 Å². The van der Waals surface area contributed by atoms with Gasteiger partial charge < -0.3 is 10.2 Å². The number of pyridine rings is 1. The van der Waals surface area contributed by atoms with Gasteiger partial charge in [-0.2, -0.15) is 5.10 Å². The van der Waals surface area contributed by atoms with Crippen LogP contribution in [0.15, 0.2) is 6.07 Å². The molecule has 0 radical (unpaired) electrons. The van der Waals surface area contributed by atoms with E-state index in [1.54, 1.807) is 0 Å². The van der Waals surface area contributed by atoms with E-state index < -0.39 is 0 Å². The average Bonchev–Trinajstić information content (AvgIpc) is 3.37. The van der Waals surface area contributed by atoms with E-state index in [1.165, 1.54) is 12.8 Å². The molecule has 2 aromatic heterocycles. The van der Waals surface area contributed by atoms with Crippen LogP contribution in [0.1, 0.15) is 68.2 Å². The van der Waals surface area contributed by atoms with Crippen LogP contribution in [0.25, 0.3) is 11.0 Å². The van der Waals surface area contributed by atoms with E-state index in [2.05, 4.69) is 33.0 Å². The van der Waals surface area contributed by atoms with Gasteiger partial charge in [-0.05, 0) is 53.5 Å². The quantitative estimate of drug-likeness (QED) is 0.793. The molecular formula is C20H31Cl2N5O. The summed E-state index contributed by atoms with van der Waals surface area (Å²) in [5, 5.41) is 9.04. The Hall–Kier alpha value is -1.37. The molecule has 6 nitrogen and oxygen atoms in total. The number of nitrogens with one attached hydrogen (secondary N) is 1. The molecule has 28 heavy (non-hydrogen) atoms. The molecule has 2 fully saturated rings. The number of hydrogen-bond donors (Lipinski definition) is 1. The zero-order chi connectivity index (χ0) is 18.6. The molecule has 0 bridgehead atoms. The highest BCUT2D eigenvalue weighted by molar-refractivity contribution is 6.06. The van der Waals surface area contributed by atoms with E-state index in [4.69, 9.17) is 10.1 Å². The van der Waals surface area contributed by atoms with Crippen molar-refractivity contribution < 1.29 is 4.79 Å². The smallest absolute Gasteiger partial charge is 0.255 e. The van der Waals surface area contributed by atoms with Gasteiger partial charge in [-0.1, -0.05) is 0 Å². The molecule has 1 atom stereocenters. The van der Waals surface area contributed by atoms with E-state index in [0.717, 1.165) is 47.6 Å². The lowest BCUT2D eigenvalue weighted by atomic mass is 10.0. The Morgan fingerprint density at radius 2 is 1.93 bits per heavy atom. The van der Waals surface area contributed by atoms with Crippen molar-refractivity contribution in [2.75, 3.05) is 19.6 Å². The average molecular weight is 428 g/mol. The summed E-state index contributed by atoms with van der Waals surface area (Å²) in [7, 11) is 0. The molecule has 2 aromatic rings. The van der Waals surface area contributed by atoms with Gasteiger partial charge in [0.1, 0.15) is 0 Å². The van der Waals surface area contributed by atoms with Crippen molar-refractivity contribution >= 4 is 41.8 Å². The zero-order valence-electron chi connectivity index (χ0n) is 17.3. The fourth-order valence-corrected chi connectivity index (χ4v) is 3.83. The van der Waals surface area contributed by atoms with Gasteiger partial charge in [0.05, 0.1) is 22.2 Å². The zero-order valence-corrected chi connectivity index (χ0v) is 18.9. The Kier molecular flexibility index (Phi) is 6.68. The van der Waals surface area contributed by atoms with Crippen LogP contribution in [0.3, 0.4) is 0 Å². The molecule has 1 aliphatic carbocycles. The molecule has 1 saturated carbocycles. The van der Waals surface area contributed by atoms with E-state index in [-0.39, 0.29) is 42.3 Å². The third-order valence-corrected chi connectivity index (χ3v) is 5.46. The highest BCUT2D eigenvalue weighted by Gasteiger charge is 2.32. The summed E-state index contributed by atoms with van der Waals surface area (Å²) >= 11 is 0. The van der Waals surface area contributed by atoms with Gasteiger partial charge in [0.25, 0.3) is 5.91 Å². The largest absolute Gasteiger partial charge is 0.333 e. The van der Waals surface area contributed by atoms with Crippen LogP contribution in [0.2, 0.25) is 0 Å². The number of rotatable bonds is 2. The minimum Gasteiger partial charge on any atom is -0.333 e. The number of carbonyl (C=O) groups is 1. The second-order valence-electron chi connectivity index (χ2n) is 8.79. The van der Waals surface area contributed by atoms with Gasteiger partial charge in [0.15, 0.2) is 5.65 Å². The van der Waals surface area contributed by atoms with Crippen molar-refractivity contribution in [3.05, 3.63) is 23.0 Å². The van der Waals surface area contributed by atoms with Crippen LogP contribution in [-0.2, 0) is 5.54 Å². The molecule has 1 unspecified atom stereocenters. The summed E-state index contributed by atoms with van der Waals surface area (Å²) in [5.41, 5.74) is 3.39.